The zero-order valence-electron chi connectivity index (χ0n) is 13.0. The minimum atomic E-state index is -1.05. The third-order valence-electron chi connectivity index (χ3n) is 4.15. The zero-order chi connectivity index (χ0) is 17.3. The molecule has 2 aliphatic heterocycles. The van der Waals surface area contributed by atoms with Crippen LogP contribution in [0.15, 0.2) is 36.4 Å². The number of fused-ring (bicyclic) bond motifs is 2. The van der Waals surface area contributed by atoms with Crippen LogP contribution in [0.25, 0.3) is 0 Å². The van der Waals surface area contributed by atoms with Crippen LogP contribution in [0.4, 0.5) is 5.69 Å². The smallest absolute Gasteiger partial charge is 0.338 e. The van der Waals surface area contributed by atoms with Gasteiger partial charge in [0.25, 0.3) is 0 Å². The number of hydrogen-bond donors (Lipinski definition) is 2. The molecule has 0 aromatic heterocycles. The molecule has 1 saturated heterocycles. The monoisotopic (exact) mass is 331 g/mol. The Hall–Kier alpha value is -2.67. The van der Waals surface area contributed by atoms with Gasteiger partial charge in [0.05, 0.1) is 30.3 Å². The van der Waals surface area contributed by atoms with Crippen LogP contribution in [0, 0.1) is 11.8 Å². The summed E-state index contributed by atoms with van der Waals surface area (Å²) in [7, 11) is 0. The summed E-state index contributed by atoms with van der Waals surface area (Å²) >= 11 is 0. The third kappa shape index (κ3) is 2.90. The van der Waals surface area contributed by atoms with E-state index in [1.54, 1.807) is 43.3 Å². The van der Waals surface area contributed by atoms with Gasteiger partial charge in [-0.25, -0.2) is 4.79 Å². The van der Waals surface area contributed by atoms with E-state index in [2.05, 4.69) is 5.32 Å². The number of anilines is 1. The number of amides is 1. The van der Waals surface area contributed by atoms with Gasteiger partial charge >= 0.3 is 11.9 Å². The van der Waals surface area contributed by atoms with Crippen LogP contribution in [0.5, 0.6) is 0 Å². The maximum absolute atomic E-state index is 12.5. The molecule has 1 aromatic carbocycles. The Labute approximate surface area is 138 Å². The number of rotatable bonds is 5. The number of nitrogens with one attached hydrogen (secondary N) is 1. The first-order valence-electron chi connectivity index (χ1n) is 7.66. The number of carboxylic acids is 1. The highest BCUT2D eigenvalue weighted by atomic mass is 16.5. The van der Waals surface area contributed by atoms with E-state index in [-0.39, 0.29) is 6.61 Å². The minimum absolute atomic E-state index is 0.283. The lowest BCUT2D eigenvalue weighted by molar-refractivity contribution is -0.145. The molecule has 4 atom stereocenters. The van der Waals surface area contributed by atoms with Crippen molar-refractivity contribution in [2.45, 2.75) is 19.1 Å². The van der Waals surface area contributed by atoms with Crippen molar-refractivity contribution < 1.29 is 29.0 Å². The second-order valence-corrected chi connectivity index (χ2v) is 5.63. The molecule has 1 aromatic rings. The predicted molar refractivity (Wildman–Crippen MR) is 83.4 cm³/mol. The van der Waals surface area contributed by atoms with E-state index in [1.807, 2.05) is 0 Å². The maximum atomic E-state index is 12.5. The van der Waals surface area contributed by atoms with Gasteiger partial charge in [0, 0.05) is 5.69 Å². The van der Waals surface area contributed by atoms with Gasteiger partial charge in [-0.15, -0.1) is 0 Å². The number of carbonyl (C=O) groups is 3. The Kier molecular flexibility index (Phi) is 4.35. The average Bonchev–Trinajstić information content (AvgIpc) is 3.16. The van der Waals surface area contributed by atoms with Gasteiger partial charge in [-0.2, -0.15) is 0 Å². The molecule has 24 heavy (non-hydrogen) atoms. The highest BCUT2D eigenvalue weighted by molar-refractivity contribution is 5.97. The molecular formula is C17H17NO6. The summed E-state index contributed by atoms with van der Waals surface area (Å²) in [5.41, 5.74) is 0.855. The number of esters is 1. The Bertz CT molecular complexity index is 696. The van der Waals surface area contributed by atoms with Gasteiger partial charge in [0.1, 0.15) is 5.92 Å². The summed E-state index contributed by atoms with van der Waals surface area (Å²) < 4.78 is 10.4. The fourth-order valence-electron chi connectivity index (χ4n) is 3.04. The van der Waals surface area contributed by atoms with Crippen LogP contribution in [-0.4, -0.2) is 41.8 Å². The van der Waals surface area contributed by atoms with Crippen molar-refractivity contribution in [2.75, 3.05) is 11.9 Å². The predicted octanol–water partition coefficient (Wildman–Crippen LogP) is 1.46. The minimum Gasteiger partial charge on any atom is -0.481 e. The SMILES string of the molecule is CCOC(=O)c1ccc(NC(=O)[C@@H]2[C@@H](C(=O)O)[C@H]3C=C[C@@H]2O3)cc1. The molecule has 0 unspecified atom stereocenters. The third-order valence-corrected chi connectivity index (χ3v) is 4.15. The highest BCUT2D eigenvalue weighted by Gasteiger charge is 2.53. The first-order valence-corrected chi connectivity index (χ1v) is 7.66. The Morgan fingerprint density at radius 3 is 2.33 bits per heavy atom. The number of carbonyl (C=O) groups excluding carboxylic acids is 2. The Balaban J connectivity index is 1.70. The molecule has 0 radical (unpaired) electrons. The highest BCUT2D eigenvalue weighted by Crippen LogP contribution is 2.39. The van der Waals surface area contributed by atoms with E-state index < -0.39 is 41.9 Å². The molecule has 2 aliphatic rings. The van der Waals surface area contributed by atoms with Gasteiger partial charge in [0.15, 0.2) is 0 Å². The molecule has 0 saturated carbocycles. The fraction of sp³-hybridized carbons (Fsp3) is 0.353. The molecule has 3 rings (SSSR count). The van der Waals surface area contributed by atoms with Crippen LogP contribution in [0.1, 0.15) is 17.3 Å². The van der Waals surface area contributed by atoms with Crippen LogP contribution in [-0.2, 0) is 19.1 Å². The quantitative estimate of drug-likeness (QED) is 0.625. The first-order chi connectivity index (χ1) is 11.5. The second kappa shape index (κ2) is 6.45. The average molecular weight is 331 g/mol. The molecule has 126 valence electrons. The first kappa shape index (κ1) is 16.2. The number of hydrogen-bond acceptors (Lipinski definition) is 5. The van der Waals surface area contributed by atoms with Crippen molar-refractivity contribution in [3.8, 4) is 0 Å². The van der Waals surface area contributed by atoms with Crippen molar-refractivity contribution in [3.63, 3.8) is 0 Å². The van der Waals surface area contributed by atoms with Crippen molar-refractivity contribution in [3.05, 3.63) is 42.0 Å². The topological polar surface area (TPSA) is 102 Å². The van der Waals surface area contributed by atoms with Crippen molar-refractivity contribution >= 4 is 23.5 Å². The lowest BCUT2D eigenvalue weighted by Crippen LogP contribution is -2.39. The summed E-state index contributed by atoms with van der Waals surface area (Å²) in [5, 5.41) is 12.0. The summed E-state index contributed by atoms with van der Waals surface area (Å²) in [5.74, 6) is -3.57. The van der Waals surface area contributed by atoms with Gasteiger partial charge in [-0.05, 0) is 31.2 Å². The lowest BCUT2D eigenvalue weighted by atomic mass is 9.82. The van der Waals surface area contributed by atoms with Crippen molar-refractivity contribution in [1.82, 2.24) is 0 Å². The summed E-state index contributed by atoms with van der Waals surface area (Å²) in [4.78, 5) is 35.4. The molecule has 2 heterocycles. The van der Waals surface area contributed by atoms with Gasteiger partial charge in [0.2, 0.25) is 5.91 Å². The molecule has 0 spiro atoms. The molecule has 7 nitrogen and oxygen atoms in total. The molecule has 1 fully saturated rings. The van der Waals surface area contributed by atoms with Crippen molar-refractivity contribution in [2.24, 2.45) is 11.8 Å². The summed E-state index contributed by atoms with van der Waals surface area (Å²) in [6.45, 7) is 2.00. The van der Waals surface area contributed by atoms with E-state index >= 15 is 0 Å². The van der Waals surface area contributed by atoms with Crippen LogP contribution in [0.3, 0.4) is 0 Å². The molecule has 2 bridgehead atoms. The molecule has 1 amide bonds. The van der Waals surface area contributed by atoms with E-state index in [4.69, 9.17) is 9.47 Å². The van der Waals surface area contributed by atoms with E-state index in [0.29, 0.717) is 11.3 Å². The van der Waals surface area contributed by atoms with Gasteiger partial charge in [-0.1, -0.05) is 12.2 Å². The van der Waals surface area contributed by atoms with E-state index in [1.165, 1.54) is 0 Å². The number of benzene rings is 1. The van der Waals surface area contributed by atoms with E-state index in [0.717, 1.165) is 0 Å². The van der Waals surface area contributed by atoms with Gasteiger partial charge < -0.3 is 19.9 Å². The zero-order valence-corrected chi connectivity index (χ0v) is 13.0. The van der Waals surface area contributed by atoms with Crippen LogP contribution < -0.4 is 5.32 Å². The Morgan fingerprint density at radius 2 is 1.75 bits per heavy atom. The second-order valence-electron chi connectivity index (χ2n) is 5.63. The fourth-order valence-corrected chi connectivity index (χ4v) is 3.04. The summed E-state index contributed by atoms with van der Waals surface area (Å²) in [6, 6.07) is 6.23. The van der Waals surface area contributed by atoms with Crippen molar-refractivity contribution in [1.29, 1.82) is 0 Å². The number of ether oxygens (including phenoxy) is 2. The number of aliphatic carboxylic acids is 1. The summed E-state index contributed by atoms with van der Waals surface area (Å²) in [6.07, 6.45) is 2.32. The molecule has 0 aliphatic carbocycles. The van der Waals surface area contributed by atoms with Gasteiger partial charge in [-0.3, -0.25) is 9.59 Å². The lowest BCUT2D eigenvalue weighted by Gasteiger charge is -2.21. The van der Waals surface area contributed by atoms with Crippen LogP contribution in [0.2, 0.25) is 0 Å². The van der Waals surface area contributed by atoms with E-state index in [9.17, 15) is 19.5 Å². The molecule has 2 N–H and O–H groups in total. The maximum Gasteiger partial charge on any atom is 0.338 e. The number of carboxylic acid groups (broad SMARTS) is 1. The Morgan fingerprint density at radius 1 is 1.12 bits per heavy atom. The molecular weight excluding hydrogens is 314 g/mol. The largest absolute Gasteiger partial charge is 0.481 e. The van der Waals surface area contributed by atoms with Crippen LogP contribution >= 0.6 is 0 Å². The molecule has 7 heteroatoms. The standard InChI is InChI=1S/C17H17NO6/c1-2-23-17(22)9-3-5-10(6-4-9)18-15(19)13-11-7-8-12(24-11)14(13)16(20)21/h3-8,11-14H,2H2,1H3,(H,18,19)(H,20,21)/t11-,12+,13-,14-/m0/s1. The normalized spacial score (nSPS) is 27.0.